The highest BCUT2D eigenvalue weighted by Crippen LogP contribution is 2.63. The van der Waals surface area contributed by atoms with Crippen molar-refractivity contribution >= 4 is 75.1 Å². The average Bonchev–Trinajstić information content (AvgIpc) is 3.85. The molecular formula is C49H50Cl2FN7O6. The quantitative estimate of drug-likeness (QED) is 0.0804. The molecule has 4 N–H and O–H groups in total. The van der Waals surface area contributed by atoms with E-state index in [0.29, 0.717) is 52.4 Å². The monoisotopic (exact) mass is 921 g/mol. The maximum Gasteiger partial charge on any atom is 0.329 e. The number of unbranched alkanes of at least 4 members (excludes halogenated alkanes) is 2. The molecule has 1 aliphatic carbocycles. The Kier molecular flexibility index (Phi) is 12.0. The summed E-state index contributed by atoms with van der Waals surface area (Å²) in [5.41, 5.74) is 2.21. The SMILES string of the molecule is CN(C(=O)[C@@H]1NC2(CCCCC2)[C@@]2(C(=O)Nc3cc(Cl)ccc32)[C@H]1c1cccc(Cl)c1F)c1ccc(C(=O)NCCCCCc2ccc3c(c2)n(C)c(=O)n3C2CCC(=O)NC2=O)cc1. The molecule has 0 radical (unpaired) electrons. The number of nitrogens with zero attached hydrogens (tertiary/aromatic N) is 3. The molecule has 4 aliphatic rings. The Morgan fingerprint density at radius 2 is 1.66 bits per heavy atom. The molecule has 9 rings (SSSR count). The molecule has 3 fully saturated rings. The van der Waals surface area contributed by atoms with Crippen molar-refractivity contribution in [1.29, 1.82) is 0 Å². The molecule has 4 heterocycles. The number of halogens is 3. The van der Waals surface area contributed by atoms with Crippen LogP contribution in [0.1, 0.15) is 103 Å². The predicted octanol–water partition coefficient (Wildman–Crippen LogP) is 7.22. The largest absolute Gasteiger partial charge is 0.352 e. The molecule has 16 heteroatoms. The number of aromatic nitrogens is 2. The van der Waals surface area contributed by atoms with Gasteiger partial charge in [0.05, 0.1) is 22.1 Å². The van der Waals surface area contributed by atoms with Crippen LogP contribution < -0.4 is 31.9 Å². The van der Waals surface area contributed by atoms with E-state index in [0.717, 1.165) is 56.0 Å². The van der Waals surface area contributed by atoms with Crippen LogP contribution in [0.5, 0.6) is 0 Å². The van der Waals surface area contributed by atoms with Gasteiger partial charge in [0.25, 0.3) is 5.91 Å². The van der Waals surface area contributed by atoms with Crippen molar-refractivity contribution in [2.75, 3.05) is 23.8 Å². The summed E-state index contributed by atoms with van der Waals surface area (Å²) in [6.07, 6.45) is 7.48. The summed E-state index contributed by atoms with van der Waals surface area (Å²) < 4.78 is 19.4. The fraction of sp³-hybridized carbons (Fsp3) is 0.388. The van der Waals surface area contributed by atoms with E-state index in [2.05, 4.69) is 21.3 Å². The summed E-state index contributed by atoms with van der Waals surface area (Å²) in [4.78, 5) is 81.7. The lowest BCUT2D eigenvalue weighted by Gasteiger charge is -2.47. The number of benzene rings is 4. The first-order chi connectivity index (χ1) is 31.3. The molecule has 1 aromatic heterocycles. The fourth-order valence-electron chi connectivity index (χ4n) is 11.1. The molecule has 5 aromatic rings. The highest BCUT2D eigenvalue weighted by Gasteiger charge is 2.72. The number of fused-ring (bicyclic) bond motifs is 4. The number of imide groups is 1. The van der Waals surface area contributed by atoms with Crippen LogP contribution in [-0.2, 0) is 38.1 Å². The molecule has 1 unspecified atom stereocenters. The summed E-state index contributed by atoms with van der Waals surface area (Å²) in [5, 5.41) is 12.4. The molecule has 338 valence electrons. The molecule has 1 saturated carbocycles. The van der Waals surface area contributed by atoms with Gasteiger partial charge >= 0.3 is 5.69 Å². The van der Waals surface area contributed by atoms with Crippen LogP contribution >= 0.6 is 23.2 Å². The van der Waals surface area contributed by atoms with E-state index in [1.54, 1.807) is 62.6 Å². The number of anilines is 2. The predicted molar refractivity (Wildman–Crippen MR) is 247 cm³/mol. The number of carbonyl (C=O) groups excluding carboxylic acids is 5. The number of aryl methyl sites for hydroxylation is 2. The molecule has 65 heavy (non-hydrogen) atoms. The van der Waals surface area contributed by atoms with Crippen LogP contribution in [0.15, 0.2) is 83.7 Å². The Hall–Kier alpha value is -5.83. The molecule has 2 saturated heterocycles. The van der Waals surface area contributed by atoms with Gasteiger partial charge in [-0.2, -0.15) is 0 Å². The van der Waals surface area contributed by atoms with Gasteiger partial charge in [-0.3, -0.25) is 43.7 Å². The van der Waals surface area contributed by atoms with Gasteiger partial charge in [-0.1, -0.05) is 73.2 Å². The number of imidazole rings is 1. The zero-order valence-electron chi connectivity index (χ0n) is 36.1. The Bertz CT molecular complexity index is 2820. The molecule has 4 aromatic carbocycles. The third kappa shape index (κ3) is 7.53. The van der Waals surface area contributed by atoms with Gasteiger partial charge < -0.3 is 15.5 Å². The van der Waals surface area contributed by atoms with Crippen molar-refractivity contribution in [1.82, 2.24) is 25.1 Å². The Morgan fingerprint density at radius 1 is 0.892 bits per heavy atom. The number of carbonyl (C=O) groups is 5. The fourth-order valence-corrected chi connectivity index (χ4v) is 11.5. The van der Waals surface area contributed by atoms with Crippen LogP contribution in [0.2, 0.25) is 10.0 Å². The minimum atomic E-state index is -1.36. The van der Waals surface area contributed by atoms with Crippen molar-refractivity contribution in [3.63, 3.8) is 0 Å². The normalized spacial score (nSPS) is 22.3. The average molecular weight is 923 g/mol. The number of amides is 5. The van der Waals surface area contributed by atoms with Crippen molar-refractivity contribution in [2.24, 2.45) is 7.05 Å². The lowest BCUT2D eigenvalue weighted by Crippen LogP contribution is -2.60. The highest BCUT2D eigenvalue weighted by molar-refractivity contribution is 6.31. The summed E-state index contributed by atoms with van der Waals surface area (Å²) >= 11 is 12.8. The topological polar surface area (TPSA) is 164 Å². The second-order valence-electron chi connectivity index (χ2n) is 17.8. The number of piperidine rings is 1. The van der Waals surface area contributed by atoms with E-state index in [4.69, 9.17) is 23.2 Å². The Labute approximate surface area is 385 Å². The number of nitrogens with one attached hydrogen (secondary N) is 4. The number of hydrogen-bond acceptors (Lipinski definition) is 7. The first-order valence-corrected chi connectivity index (χ1v) is 23.0. The highest BCUT2D eigenvalue weighted by atomic mass is 35.5. The van der Waals surface area contributed by atoms with Crippen molar-refractivity contribution < 1.29 is 28.4 Å². The zero-order chi connectivity index (χ0) is 45.8. The molecule has 5 amide bonds. The lowest BCUT2D eigenvalue weighted by atomic mass is 9.55. The van der Waals surface area contributed by atoms with E-state index < -0.39 is 40.7 Å². The van der Waals surface area contributed by atoms with Crippen molar-refractivity contribution in [3.05, 3.63) is 127 Å². The molecule has 3 aliphatic heterocycles. The van der Waals surface area contributed by atoms with Crippen LogP contribution in [0, 0.1) is 5.82 Å². The zero-order valence-corrected chi connectivity index (χ0v) is 37.7. The van der Waals surface area contributed by atoms with E-state index in [9.17, 15) is 28.8 Å². The van der Waals surface area contributed by atoms with Gasteiger partial charge in [0, 0.05) is 60.5 Å². The van der Waals surface area contributed by atoms with Crippen molar-refractivity contribution in [3.8, 4) is 0 Å². The summed E-state index contributed by atoms with van der Waals surface area (Å²) in [6, 6.07) is 20.7. The minimum Gasteiger partial charge on any atom is -0.352 e. The molecule has 4 atom stereocenters. The Morgan fingerprint density at radius 3 is 2.42 bits per heavy atom. The summed E-state index contributed by atoms with van der Waals surface area (Å²) in [5.74, 6) is -3.37. The number of likely N-dealkylation sites (N-methyl/N-ethyl adjacent to an activating group) is 1. The van der Waals surface area contributed by atoms with Gasteiger partial charge in [0.1, 0.15) is 17.3 Å². The standard InChI is InChI=1S/C49H50Cl2FN7O6/c1-57(45(63)42-40(32-11-9-12-34(51)41(32)52)49(48(56-42)23-6-4-7-24-48)33-19-16-30(50)27-35(33)54-46(49)64)31-17-14-29(15-18-31)43(61)53-25-8-3-5-10-28-13-20-36-38(26-28)58(2)47(65)59(36)37-21-22-39(60)55-44(37)62/h9,11-20,26-27,37,40,42,56H,3-8,10,21-25H2,1-2H3,(H,53,61)(H,54,64)(H,55,60,62)/t37?,40-,42+,49+/m0/s1. The third-order valence-corrected chi connectivity index (χ3v) is 14.8. The molecule has 0 bridgehead atoms. The van der Waals surface area contributed by atoms with Gasteiger partial charge in [-0.05, 0) is 110 Å². The smallest absolute Gasteiger partial charge is 0.329 e. The van der Waals surface area contributed by atoms with Crippen LogP contribution in [0.4, 0.5) is 15.8 Å². The third-order valence-electron chi connectivity index (χ3n) is 14.2. The second kappa shape index (κ2) is 17.5. The second-order valence-corrected chi connectivity index (χ2v) is 18.7. The van der Waals surface area contributed by atoms with Gasteiger partial charge in [-0.25, -0.2) is 9.18 Å². The van der Waals surface area contributed by atoms with Gasteiger partial charge in [0.15, 0.2) is 0 Å². The first kappa shape index (κ1) is 44.4. The van der Waals surface area contributed by atoms with Gasteiger partial charge in [0.2, 0.25) is 23.6 Å². The summed E-state index contributed by atoms with van der Waals surface area (Å²) in [7, 11) is 3.32. The number of hydrogen-bond donors (Lipinski definition) is 4. The van der Waals surface area contributed by atoms with E-state index in [1.165, 1.54) is 20.1 Å². The summed E-state index contributed by atoms with van der Waals surface area (Å²) in [6.45, 7) is 0.461. The van der Waals surface area contributed by atoms with Crippen LogP contribution in [0.25, 0.3) is 11.0 Å². The van der Waals surface area contributed by atoms with Crippen LogP contribution in [-0.4, -0.2) is 63.8 Å². The van der Waals surface area contributed by atoms with Crippen molar-refractivity contribution in [2.45, 2.75) is 99.6 Å². The van der Waals surface area contributed by atoms with E-state index in [-0.39, 0.29) is 52.7 Å². The molecular weight excluding hydrogens is 872 g/mol. The Balaban J connectivity index is 0.855. The van der Waals surface area contributed by atoms with Gasteiger partial charge in [-0.15, -0.1) is 0 Å². The molecule has 13 nitrogen and oxygen atoms in total. The lowest BCUT2D eigenvalue weighted by molar-refractivity contribution is -0.135. The first-order valence-electron chi connectivity index (χ1n) is 22.3. The van der Waals surface area contributed by atoms with Crippen LogP contribution in [0.3, 0.4) is 0 Å². The minimum absolute atomic E-state index is 0.101. The number of rotatable bonds is 11. The maximum absolute atomic E-state index is 16.3. The molecule has 2 spiro atoms. The van der Waals surface area contributed by atoms with E-state index in [1.807, 2.05) is 24.3 Å². The maximum atomic E-state index is 16.3. The van der Waals surface area contributed by atoms with E-state index >= 15 is 4.39 Å².